The van der Waals surface area contributed by atoms with Crippen LogP contribution in [0.15, 0.2) is 30.3 Å². The number of nitrogens with one attached hydrogen (secondary N) is 1. The molecule has 6 nitrogen and oxygen atoms in total. The van der Waals surface area contributed by atoms with Crippen LogP contribution in [0.1, 0.15) is 61.9 Å². The number of hydrogen-bond acceptors (Lipinski definition) is 5. The lowest BCUT2D eigenvalue weighted by Crippen LogP contribution is -2.38. The Bertz CT molecular complexity index is 848. The molecule has 2 amide bonds. The quantitative estimate of drug-likeness (QED) is 0.778. The lowest BCUT2D eigenvalue weighted by molar-refractivity contribution is -0.130. The average Bonchev–Trinajstić information content (AvgIpc) is 3.35. The summed E-state index contributed by atoms with van der Waals surface area (Å²) in [5, 5.41) is 12.7. The number of benzene rings is 1. The minimum absolute atomic E-state index is 0.115. The van der Waals surface area contributed by atoms with Crippen LogP contribution >= 0.6 is 11.3 Å². The summed E-state index contributed by atoms with van der Waals surface area (Å²) in [6.45, 7) is 2.70. The van der Waals surface area contributed by atoms with E-state index in [1.54, 1.807) is 0 Å². The predicted molar refractivity (Wildman–Crippen MR) is 114 cm³/mol. The van der Waals surface area contributed by atoms with Crippen molar-refractivity contribution in [1.82, 2.24) is 15.1 Å². The van der Waals surface area contributed by atoms with Gasteiger partial charge >= 0.3 is 0 Å². The molecule has 0 spiro atoms. The number of carbonyl (C=O) groups is 2. The lowest BCUT2D eigenvalue weighted by atomic mass is 9.94. The molecule has 1 saturated heterocycles. The molecule has 7 heteroatoms. The van der Waals surface area contributed by atoms with Gasteiger partial charge < -0.3 is 10.2 Å². The number of aromatic nitrogens is 2. The molecule has 1 N–H and O–H groups in total. The highest BCUT2D eigenvalue weighted by atomic mass is 32.1. The zero-order valence-electron chi connectivity index (χ0n) is 16.8. The maximum atomic E-state index is 12.7. The van der Waals surface area contributed by atoms with Crippen molar-refractivity contribution in [2.24, 2.45) is 5.92 Å². The van der Waals surface area contributed by atoms with Crippen LogP contribution in [-0.2, 0) is 16.0 Å². The smallest absolute Gasteiger partial charge is 0.231 e. The van der Waals surface area contributed by atoms with Crippen molar-refractivity contribution < 1.29 is 9.59 Å². The molecular weight excluding hydrogens is 384 g/mol. The number of nitrogens with zero attached hydrogens (tertiary/aromatic N) is 3. The molecule has 2 unspecified atom stereocenters. The fourth-order valence-electron chi connectivity index (χ4n) is 4.41. The number of anilines is 1. The van der Waals surface area contributed by atoms with E-state index in [-0.39, 0.29) is 17.7 Å². The fourth-order valence-corrected chi connectivity index (χ4v) is 5.28. The Labute approximate surface area is 175 Å². The highest BCUT2D eigenvalue weighted by Gasteiger charge is 2.38. The Morgan fingerprint density at radius 1 is 1.21 bits per heavy atom. The molecular formula is C22H28N4O2S. The Morgan fingerprint density at radius 2 is 1.97 bits per heavy atom. The molecule has 2 aromatic rings. The first kappa shape index (κ1) is 20.0. The van der Waals surface area contributed by atoms with Gasteiger partial charge in [-0.3, -0.25) is 9.59 Å². The number of rotatable bonds is 6. The molecule has 4 rings (SSSR count). The third kappa shape index (κ3) is 4.83. The summed E-state index contributed by atoms with van der Waals surface area (Å²) < 4.78 is 0. The molecule has 1 aliphatic carbocycles. The van der Waals surface area contributed by atoms with Gasteiger partial charge in [-0.1, -0.05) is 67.9 Å². The molecule has 0 radical (unpaired) electrons. The van der Waals surface area contributed by atoms with E-state index in [0.717, 1.165) is 24.3 Å². The molecule has 1 aliphatic heterocycles. The summed E-state index contributed by atoms with van der Waals surface area (Å²) >= 11 is 1.42. The molecule has 2 heterocycles. The highest BCUT2D eigenvalue weighted by Crippen LogP contribution is 2.30. The van der Waals surface area contributed by atoms with E-state index in [9.17, 15) is 9.59 Å². The van der Waals surface area contributed by atoms with Crippen molar-refractivity contribution in [3.05, 3.63) is 40.9 Å². The standard InChI is InChI=1S/C22H28N4O2S/c1-15(16-8-4-2-5-9-16)12-19-24-25-22(29-19)23-21(28)17-13-20(27)26(14-17)18-10-6-3-7-11-18/h2,4-5,8-9,15,17-18H,3,6-7,10-14H2,1H3,(H,23,25,28). The van der Waals surface area contributed by atoms with Crippen molar-refractivity contribution in [2.45, 2.75) is 63.8 Å². The second-order valence-electron chi connectivity index (χ2n) is 8.25. The van der Waals surface area contributed by atoms with E-state index < -0.39 is 0 Å². The summed E-state index contributed by atoms with van der Waals surface area (Å²) in [6, 6.07) is 10.6. The molecule has 29 heavy (non-hydrogen) atoms. The van der Waals surface area contributed by atoms with Gasteiger partial charge in [-0.15, -0.1) is 10.2 Å². The van der Waals surface area contributed by atoms with Gasteiger partial charge in [-0.05, 0) is 24.3 Å². The van der Waals surface area contributed by atoms with Gasteiger partial charge in [0.2, 0.25) is 16.9 Å². The summed E-state index contributed by atoms with van der Waals surface area (Å²) in [5.74, 6) is 0.0476. The lowest BCUT2D eigenvalue weighted by Gasteiger charge is -2.31. The van der Waals surface area contributed by atoms with Gasteiger partial charge in [-0.25, -0.2) is 0 Å². The van der Waals surface area contributed by atoms with Crippen molar-refractivity contribution in [2.75, 3.05) is 11.9 Å². The van der Waals surface area contributed by atoms with Crippen molar-refractivity contribution in [1.29, 1.82) is 0 Å². The fraction of sp³-hybridized carbons (Fsp3) is 0.545. The second-order valence-corrected chi connectivity index (χ2v) is 9.31. The number of amides is 2. The maximum absolute atomic E-state index is 12.7. The molecule has 1 saturated carbocycles. The predicted octanol–water partition coefficient (Wildman–Crippen LogP) is 4.00. The van der Waals surface area contributed by atoms with Crippen LogP contribution in [-0.4, -0.2) is 39.5 Å². The zero-order chi connectivity index (χ0) is 20.2. The largest absolute Gasteiger partial charge is 0.339 e. The summed E-state index contributed by atoms with van der Waals surface area (Å²) in [6.07, 6.45) is 6.85. The Balaban J connectivity index is 1.32. The van der Waals surface area contributed by atoms with Crippen LogP contribution in [0.2, 0.25) is 0 Å². The summed E-state index contributed by atoms with van der Waals surface area (Å²) in [4.78, 5) is 27.1. The molecule has 2 fully saturated rings. The first-order valence-corrected chi connectivity index (χ1v) is 11.4. The second kappa shape index (κ2) is 9.03. The van der Waals surface area contributed by atoms with Gasteiger partial charge in [0.05, 0.1) is 5.92 Å². The SMILES string of the molecule is CC(Cc1nnc(NC(=O)C2CC(=O)N(C3CCCCC3)C2)s1)c1ccccc1. The van der Waals surface area contributed by atoms with E-state index >= 15 is 0 Å². The summed E-state index contributed by atoms with van der Waals surface area (Å²) in [7, 11) is 0. The number of likely N-dealkylation sites (tertiary alicyclic amines) is 1. The Morgan fingerprint density at radius 3 is 2.72 bits per heavy atom. The van der Waals surface area contributed by atoms with Crippen molar-refractivity contribution >= 4 is 28.3 Å². The van der Waals surface area contributed by atoms with Gasteiger partial charge in [0.1, 0.15) is 5.01 Å². The molecule has 2 atom stereocenters. The topological polar surface area (TPSA) is 75.2 Å². The Kier molecular flexibility index (Phi) is 6.23. The number of hydrogen-bond donors (Lipinski definition) is 1. The van der Waals surface area contributed by atoms with Crippen LogP contribution in [0.4, 0.5) is 5.13 Å². The van der Waals surface area contributed by atoms with Crippen LogP contribution in [0.5, 0.6) is 0 Å². The molecule has 1 aromatic heterocycles. The summed E-state index contributed by atoms with van der Waals surface area (Å²) in [5.41, 5.74) is 1.26. The number of carbonyl (C=O) groups excluding carboxylic acids is 2. The minimum Gasteiger partial charge on any atom is -0.339 e. The molecule has 2 aliphatic rings. The Hall–Kier alpha value is -2.28. The average molecular weight is 413 g/mol. The van der Waals surface area contributed by atoms with Crippen LogP contribution in [0.25, 0.3) is 0 Å². The highest BCUT2D eigenvalue weighted by molar-refractivity contribution is 7.15. The normalized spacial score (nSPS) is 21.3. The molecule has 154 valence electrons. The minimum atomic E-state index is -0.292. The first-order chi connectivity index (χ1) is 14.1. The van der Waals surface area contributed by atoms with E-state index in [2.05, 4.69) is 34.6 Å². The van der Waals surface area contributed by atoms with Crippen molar-refractivity contribution in [3.8, 4) is 0 Å². The monoisotopic (exact) mass is 412 g/mol. The van der Waals surface area contributed by atoms with Crippen LogP contribution < -0.4 is 5.32 Å². The van der Waals surface area contributed by atoms with E-state index in [4.69, 9.17) is 0 Å². The van der Waals surface area contributed by atoms with Crippen LogP contribution in [0.3, 0.4) is 0 Å². The maximum Gasteiger partial charge on any atom is 0.231 e. The zero-order valence-corrected chi connectivity index (χ0v) is 17.7. The third-order valence-electron chi connectivity index (χ3n) is 6.09. The van der Waals surface area contributed by atoms with E-state index in [1.807, 2.05) is 23.1 Å². The van der Waals surface area contributed by atoms with Gasteiger partial charge in [-0.2, -0.15) is 0 Å². The molecule has 0 bridgehead atoms. The van der Waals surface area contributed by atoms with E-state index in [0.29, 0.717) is 30.1 Å². The molecule has 1 aromatic carbocycles. The van der Waals surface area contributed by atoms with Crippen molar-refractivity contribution in [3.63, 3.8) is 0 Å². The van der Waals surface area contributed by atoms with Gasteiger partial charge in [0.15, 0.2) is 0 Å². The van der Waals surface area contributed by atoms with Gasteiger partial charge in [0, 0.05) is 25.4 Å². The van der Waals surface area contributed by atoms with Gasteiger partial charge in [0.25, 0.3) is 0 Å². The van der Waals surface area contributed by atoms with Crippen LogP contribution in [0, 0.1) is 5.92 Å². The van der Waals surface area contributed by atoms with E-state index in [1.165, 1.54) is 36.2 Å². The first-order valence-electron chi connectivity index (χ1n) is 10.6. The third-order valence-corrected chi connectivity index (χ3v) is 6.95.